The number of amides is 1. The van der Waals surface area contributed by atoms with Crippen LogP contribution >= 0.6 is 11.8 Å². The predicted molar refractivity (Wildman–Crippen MR) is 97.9 cm³/mol. The van der Waals surface area contributed by atoms with Crippen LogP contribution in [0.15, 0.2) is 52.8 Å². The van der Waals surface area contributed by atoms with Crippen LogP contribution in [0, 0.1) is 0 Å². The van der Waals surface area contributed by atoms with E-state index in [9.17, 15) is 13.2 Å². The molecule has 0 radical (unpaired) electrons. The Morgan fingerprint density at radius 1 is 1.12 bits per heavy atom. The largest absolute Gasteiger partial charge is 0.325 e. The van der Waals surface area contributed by atoms with E-state index in [-0.39, 0.29) is 16.6 Å². The average Bonchev–Trinajstić information content (AvgIpc) is 2.62. The number of carbonyl (C=O) groups excluding carboxylic acids is 1. The van der Waals surface area contributed by atoms with Crippen molar-refractivity contribution in [3.8, 4) is 0 Å². The molecule has 134 valence electrons. The first-order valence-corrected chi connectivity index (χ1v) is 10.2. The molecule has 0 aliphatic carbocycles. The van der Waals surface area contributed by atoms with Gasteiger partial charge in [-0.1, -0.05) is 25.6 Å². The standard InChI is InChI=1S/C16H20N4O3S2/c1-3-20(4-2)25(22,23)14-8-6-13(7-9-14)19-15(21)12-24-16-17-10-5-11-18-16/h5-11H,3-4,12H2,1-2H3,(H,19,21). The van der Waals surface area contributed by atoms with Crippen LogP contribution in [0.1, 0.15) is 13.8 Å². The van der Waals surface area contributed by atoms with Crippen LogP contribution in [0.25, 0.3) is 0 Å². The van der Waals surface area contributed by atoms with Crippen LogP contribution in [0.3, 0.4) is 0 Å². The number of aromatic nitrogens is 2. The van der Waals surface area contributed by atoms with Gasteiger partial charge in [0, 0.05) is 31.2 Å². The predicted octanol–water partition coefficient (Wildman–Crippen LogP) is 2.24. The molecule has 0 saturated heterocycles. The summed E-state index contributed by atoms with van der Waals surface area (Å²) in [6.07, 6.45) is 3.23. The molecule has 1 aromatic heterocycles. The van der Waals surface area contributed by atoms with Crippen molar-refractivity contribution in [1.29, 1.82) is 0 Å². The first-order valence-electron chi connectivity index (χ1n) is 7.77. The molecule has 0 aliphatic rings. The molecule has 2 aromatic rings. The van der Waals surface area contributed by atoms with Crippen LogP contribution < -0.4 is 5.32 Å². The fourth-order valence-electron chi connectivity index (χ4n) is 2.11. The fraction of sp³-hybridized carbons (Fsp3) is 0.312. The van der Waals surface area contributed by atoms with Gasteiger partial charge in [-0.15, -0.1) is 0 Å². The van der Waals surface area contributed by atoms with Crippen molar-refractivity contribution < 1.29 is 13.2 Å². The number of nitrogens with zero attached hydrogens (tertiary/aromatic N) is 3. The summed E-state index contributed by atoms with van der Waals surface area (Å²) in [6, 6.07) is 7.86. The molecule has 1 amide bonds. The van der Waals surface area contributed by atoms with Gasteiger partial charge >= 0.3 is 0 Å². The molecular formula is C16H20N4O3S2. The lowest BCUT2D eigenvalue weighted by Gasteiger charge is -2.18. The van der Waals surface area contributed by atoms with Crippen LogP contribution in [-0.2, 0) is 14.8 Å². The van der Waals surface area contributed by atoms with Gasteiger partial charge in [0.25, 0.3) is 0 Å². The van der Waals surface area contributed by atoms with E-state index in [0.29, 0.717) is 23.9 Å². The van der Waals surface area contributed by atoms with Gasteiger partial charge in [0.2, 0.25) is 15.9 Å². The van der Waals surface area contributed by atoms with E-state index in [0.717, 1.165) is 0 Å². The Bertz CT molecular complexity index is 792. The van der Waals surface area contributed by atoms with Gasteiger partial charge in [-0.3, -0.25) is 4.79 Å². The van der Waals surface area contributed by atoms with Crippen LogP contribution in [-0.4, -0.2) is 47.4 Å². The highest BCUT2D eigenvalue weighted by molar-refractivity contribution is 7.99. The van der Waals surface area contributed by atoms with Gasteiger partial charge in [-0.2, -0.15) is 4.31 Å². The number of carbonyl (C=O) groups is 1. The number of rotatable bonds is 8. The molecule has 0 aliphatic heterocycles. The normalized spacial score (nSPS) is 11.5. The van der Waals surface area contributed by atoms with E-state index in [1.54, 1.807) is 44.4 Å². The highest BCUT2D eigenvalue weighted by Gasteiger charge is 2.21. The molecule has 0 bridgehead atoms. The minimum atomic E-state index is -3.49. The van der Waals surface area contributed by atoms with Crippen molar-refractivity contribution in [2.24, 2.45) is 0 Å². The first-order chi connectivity index (χ1) is 12.0. The molecule has 0 fully saturated rings. The molecular weight excluding hydrogens is 360 g/mol. The molecule has 1 heterocycles. The summed E-state index contributed by atoms with van der Waals surface area (Å²) in [5.41, 5.74) is 0.540. The summed E-state index contributed by atoms with van der Waals surface area (Å²) in [7, 11) is -3.49. The quantitative estimate of drug-likeness (QED) is 0.558. The zero-order valence-corrected chi connectivity index (χ0v) is 15.7. The third kappa shape index (κ3) is 5.25. The van der Waals surface area contributed by atoms with E-state index in [2.05, 4.69) is 15.3 Å². The van der Waals surface area contributed by atoms with Crippen molar-refractivity contribution in [2.75, 3.05) is 24.2 Å². The highest BCUT2D eigenvalue weighted by atomic mass is 32.2. The topological polar surface area (TPSA) is 92.3 Å². The van der Waals surface area contributed by atoms with Crippen molar-refractivity contribution in [3.63, 3.8) is 0 Å². The summed E-state index contributed by atoms with van der Waals surface area (Å²) < 4.78 is 26.2. The first kappa shape index (κ1) is 19.4. The number of thioether (sulfide) groups is 1. The molecule has 2 rings (SSSR count). The number of hydrogen-bond acceptors (Lipinski definition) is 6. The lowest BCUT2D eigenvalue weighted by Crippen LogP contribution is -2.30. The summed E-state index contributed by atoms with van der Waals surface area (Å²) in [5, 5.41) is 3.25. The summed E-state index contributed by atoms with van der Waals surface area (Å²) in [6.45, 7) is 4.42. The zero-order chi connectivity index (χ0) is 18.3. The van der Waals surface area contributed by atoms with Crippen molar-refractivity contribution in [2.45, 2.75) is 23.9 Å². The lowest BCUT2D eigenvalue weighted by molar-refractivity contribution is -0.113. The maximum absolute atomic E-state index is 12.4. The Morgan fingerprint density at radius 2 is 1.72 bits per heavy atom. The second kappa shape index (κ2) is 8.93. The number of sulfonamides is 1. The molecule has 1 N–H and O–H groups in total. The smallest absolute Gasteiger partial charge is 0.243 e. The molecule has 7 nitrogen and oxygen atoms in total. The van der Waals surface area contributed by atoms with Crippen molar-refractivity contribution in [1.82, 2.24) is 14.3 Å². The van der Waals surface area contributed by atoms with E-state index >= 15 is 0 Å². The summed E-state index contributed by atoms with van der Waals surface area (Å²) in [5.74, 6) is -0.0411. The third-order valence-corrected chi connectivity index (χ3v) is 6.30. The van der Waals surface area contributed by atoms with Gasteiger partial charge in [0.15, 0.2) is 5.16 Å². The number of nitrogens with one attached hydrogen (secondary N) is 1. The van der Waals surface area contributed by atoms with Crippen LogP contribution in [0.5, 0.6) is 0 Å². The van der Waals surface area contributed by atoms with E-state index in [1.165, 1.54) is 28.2 Å². The highest BCUT2D eigenvalue weighted by Crippen LogP contribution is 2.19. The lowest BCUT2D eigenvalue weighted by atomic mass is 10.3. The SMILES string of the molecule is CCN(CC)S(=O)(=O)c1ccc(NC(=O)CSc2ncccn2)cc1. The fourth-order valence-corrected chi connectivity index (χ4v) is 4.17. The van der Waals surface area contributed by atoms with Crippen molar-refractivity contribution in [3.05, 3.63) is 42.7 Å². The van der Waals surface area contributed by atoms with Gasteiger partial charge in [0.05, 0.1) is 10.6 Å². The third-order valence-electron chi connectivity index (χ3n) is 3.36. The molecule has 0 atom stereocenters. The van der Waals surface area contributed by atoms with E-state index in [1.807, 2.05) is 0 Å². The molecule has 0 unspecified atom stereocenters. The number of benzene rings is 1. The average molecular weight is 380 g/mol. The number of anilines is 1. The Balaban J connectivity index is 1.97. The molecule has 0 saturated carbocycles. The Kier molecular flexibility index (Phi) is 6.91. The molecule has 1 aromatic carbocycles. The van der Waals surface area contributed by atoms with E-state index in [4.69, 9.17) is 0 Å². The van der Waals surface area contributed by atoms with Crippen LogP contribution in [0.2, 0.25) is 0 Å². The second-order valence-corrected chi connectivity index (χ2v) is 7.86. The van der Waals surface area contributed by atoms with Crippen LogP contribution in [0.4, 0.5) is 5.69 Å². The minimum absolute atomic E-state index is 0.170. The minimum Gasteiger partial charge on any atom is -0.325 e. The Labute approximate surface area is 151 Å². The zero-order valence-electron chi connectivity index (χ0n) is 14.0. The maximum Gasteiger partial charge on any atom is 0.243 e. The number of hydrogen-bond donors (Lipinski definition) is 1. The van der Waals surface area contributed by atoms with Gasteiger partial charge < -0.3 is 5.32 Å². The van der Waals surface area contributed by atoms with Gasteiger partial charge in [-0.05, 0) is 30.3 Å². The van der Waals surface area contributed by atoms with Gasteiger partial charge in [-0.25, -0.2) is 18.4 Å². The van der Waals surface area contributed by atoms with Crippen molar-refractivity contribution >= 4 is 33.4 Å². The molecule has 9 heteroatoms. The monoisotopic (exact) mass is 380 g/mol. The van der Waals surface area contributed by atoms with Gasteiger partial charge in [0.1, 0.15) is 0 Å². The summed E-state index contributed by atoms with van der Waals surface area (Å²) >= 11 is 1.23. The molecule has 25 heavy (non-hydrogen) atoms. The van der Waals surface area contributed by atoms with E-state index < -0.39 is 10.0 Å². The second-order valence-electron chi connectivity index (χ2n) is 4.98. The maximum atomic E-state index is 12.4. The molecule has 0 spiro atoms. The summed E-state index contributed by atoms with van der Waals surface area (Å²) in [4.78, 5) is 20.2. The Hall–Kier alpha value is -1.97. The Morgan fingerprint density at radius 3 is 2.28 bits per heavy atom.